The Morgan fingerprint density at radius 3 is 2.58 bits per heavy atom. The second kappa shape index (κ2) is 6.08. The largest absolute Gasteiger partial charge is 0.465 e. The highest BCUT2D eigenvalue weighted by molar-refractivity contribution is 9.09. The maximum Gasteiger partial charge on any atom is 0.339 e. The van der Waals surface area contributed by atoms with Gasteiger partial charge in [-0.05, 0) is 5.57 Å². The Bertz CT molecular complexity index is 233. The van der Waals surface area contributed by atoms with Gasteiger partial charge in [-0.3, -0.25) is 0 Å². The molecule has 0 aliphatic carbocycles. The molecule has 0 atom stereocenters. The van der Waals surface area contributed by atoms with Crippen molar-refractivity contribution < 1.29 is 9.53 Å². The standard InChI is InChI=1S/C8H9BrO2S/c1-3-6(4-9)7(5-12)8(10)11-2/h3,5H,1,4H2,2H3/b7-6-. The molecule has 4 heteroatoms. The zero-order valence-corrected chi connectivity index (χ0v) is 9.07. The first-order valence-electron chi connectivity index (χ1n) is 3.16. The van der Waals surface area contributed by atoms with Gasteiger partial charge in [-0.25, -0.2) is 4.79 Å². The van der Waals surface area contributed by atoms with Crippen molar-refractivity contribution >= 4 is 39.5 Å². The molecular weight excluding hydrogens is 240 g/mol. The molecule has 0 radical (unpaired) electrons. The predicted molar refractivity (Wildman–Crippen MR) is 56.7 cm³/mol. The van der Waals surface area contributed by atoms with Crippen LogP contribution >= 0.6 is 28.1 Å². The Balaban J connectivity index is 4.93. The number of carbonyl (C=O) groups is 1. The predicted octanol–water partition coefficient (Wildman–Crippen LogP) is 2.04. The minimum atomic E-state index is -0.431. The van der Waals surface area contributed by atoms with E-state index in [4.69, 9.17) is 0 Å². The third kappa shape index (κ3) is 2.87. The van der Waals surface area contributed by atoms with E-state index in [0.717, 1.165) is 5.57 Å². The summed E-state index contributed by atoms with van der Waals surface area (Å²) in [5, 5.41) is 1.83. The van der Waals surface area contributed by atoms with Crippen molar-refractivity contribution in [2.24, 2.45) is 0 Å². The molecule has 0 N–H and O–H groups in total. The molecule has 0 saturated heterocycles. The molecule has 0 heterocycles. The lowest BCUT2D eigenvalue weighted by atomic mass is 10.1. The fourth-order valence-corrected chi connectivity index (χ4v) is 1.38. The lowest BCUT2D eigenvalue weighted by Crippen LogP contribution is -2.08. The molecule has 0 aliphatic heterocycles. The Hall–Kier alpha value is -0.480. The van der Waals surface area contributed by atoms with Crippen LogP contribution < -0.4 is 0 Å². The summed E-state index contributed by atoms with van der Waals surface area (Å²) >= 11 is 7.88. The minimum Gasteiger partial charge on any atom is -0.465 e. The number of halogens is 1. The average molecular weight is 249 g/mol. The van der Waals surface area contributed by atoms with Crippen molar-refractivity contribution in [3.8, 4) is 0 Å². The van der Waals surface area contributed by atoms with E-state index in [2.05, 4.69) is 39.5 Å². The topological polar surface area (TPSA) is 26.3 Å². The molecule has 0 aromatic heterocycles. The molecule has 0 aliphatic rings. The van der Waals surface area contributed by atoms with E-state index in [1.54, 1.807) is 6.08 Å². The first-order chi connectivity index (χ1) is 5.71. The molecule has 0 aromatic rings. The molecule has 0 bridgehead atoms. The van der Waals surface area contributed by atoms with Gasteiger partial charge >= 0.3 is 5.97 Å². The van der Waals surface area contributed by atoms with Crippen LogP contribution in [0.3, 0.4) is 0 Å². The smallest absolute Gasteiger partial charge is 0.339 e. The van der Waals surface area contributed by atoms with Crippen molar-refractivity contribution in [2.45, 2.75) is 0 Å². The highest BCUT2D eigenvalue weighted by atomic mass is 79.9. The van der Waals surface area contributed by atoms with E-state index < -0.39 is 5.97 Å². The van der Waals surface area contributed by atoms with Gasteiger partial charge in [0.05, 0.1) is 12.7 Å². The molecule has 0 unspecified atom stereocenters. The van der Waals surface area contributed by atoms with Crippen LogP contribution in [0.5, 0.6) is 0 Å². The first-order valence-corrected chi connectivity index (χ1v) is 4.75. The average Bonchev–Trinajstić information content (AvgIpc) is 2.12. The van der Waals surface area contributed by atoms with Crippen LogP contribution in [0.1, 0.15) is 0 Å². The summed E-state index contributed by atoms with van der Waals surface area (Å²) in [6, 6.07) is 0. The van der Waals surface area contributed by atoms with Crippen LogP contribution in [0, 0.1) is 0 Å². The summed E-state index contributed by atoms with van der Waals surface area (Å²) in [4.78, 5) is 11.1. The first kappa shape index (κ1) is 11.5. The van der Waals surface area contributed by atoms with E-state index >= 15 is 0 Å². The van der Waals surface area contributed by atoms with Crippen molar-refractivity contribution in [3.05, 3.63) is 23.8 Å². The molecule has 0 spiro atoms. The number of thiocarbonyl (C=S) groups is 1. The summed E-state index contributed by atoms with van der Waals surface area (Å²) in [6.07, 6.45) is 1.57. The van der Waals surface area contributed by atoms with Crippen LogP contribution in [0.4, 0.5) is 0 Å². The highest BCUT2D eigenvalue weighted by Gasteiger charge is 2.09. The summed E-state index contributed by atoms with van der Waals surface area (Å²) in [5.41, 5.74) is 1.11. The van der Waals surface area contributed by atoms with Gasteiger partial charge in [-0.2, -0.15) is 0 Å². The summed E-state index contributed by atoms with van der Waals surface area (Å²) < 4.78 is 4.52. The number of ether oxygens (including phenoxy) is 1. The van der Waals surface area contributed by atoms with Crippen molar-refractivity contribution in [2.75, 3.05) is 12.4 Å². The van der Waals surface area contributed by atoms with Crippen LogP contribution in [-0.4, -0.2) is 23.8 Å². The van der Waals surface area contributed by atoms with Gasteiger partial charge in [0, 0.05) is 10.7 Å². The molecule has 0 saturated carbocycles. The minimum absolute atomic E-state index is 0.374. The molecule has 0 rings (SSSR count). The van der Waals surface area contributed by atoms with Gasteiger partial charge in [0.15, 0.2) is 0 Å². The maximum atomic E-state index is 11.1. The zero-order chi connectivity index (χ0) is 9.56. The van der Waals surface area contributed by atoms with Gasteiger partial charge < -0.3 is 4.74 Å². The highest BCUT2D eigenvalue weighted by Crippen LogP contribution is 2.08. The Kier molecular flexibility index (Phi) is 5.84. The van der Waals surface area contributed by atoms with E-state index in [9.17, 15) is 4.79 Å². The third-order valence-electron chi connectivity index (χ3n) is 1.26. The summed E-state index contributed by atoms with van der Waals surface area (Å²) in [5.74, 6) is -0.431. The number of esters is 1. The lowest BCUT2D eigenvalue weighted by molar-refractivity contribution is -0.135. The van der Waals surface area contributed by atoms with E-state index in [-0.39, 0.29) is 0 Å². The molecular formula is C8H9BrO2S. The number of hydrogen-bond acceptors (Lipinski definition) is 3. The lowest BCUT2D eigenvalue weighted by Gasteiger charge is -2.02. The number of allylic oxidation sites excluding steroid dienone is 2. The van der Waals surface area contributed by atoms with Gasteiger partial charge in [-0.15, -0.1) is 0 Å². The summed E-state index contributed by atoms with van der Waals surface area (Å²) in [6.45, 7) is 3.56. The zero-order valence-electron chi connectivity index (χ0n) is 6.67. The van der Waals surface area contributed by atoms with Gasteiger partial charge in [0.25, 0.3) is 0 Å². The Labute approximate surface area is 85.4 Å². The molecule has 2 nitrogen and oxygen atoms in total. The fourth-order valence-electron chi connectivity index (χ4n) is 0.601. The van der Waals surface area contributed by atoms with Crippen LogP contribution in [0.2, 0.25) is 0 Å². The third-order valence-corrected chi connectivity index (χ3v) is 2.10. The van der Waals surface area contributed by atoms with Crippen molar-refractivity contribution in [3.63, 3.8) is 0 Å². The second-order valence-corrected chi connectivity index (χ2v) is 2.68. The summed E-state index contributed by atoms with van der Waals surface area (Å²) in [7, 11) is 1.32. The monoisotopic (exact) mass is 248 g/mol. The Morgan fingerprint density at radius 2 is 2.33 bits per heavy atom. The molecule has 0 fully saturated rings. The van der Waals surface area contributed by atoms with Crippen LogP contribution in [-0.2, 0) is 9.53 Å². The van der Waals surface area contributed by atoms with Crippen molar-refractivity contribution in [1.82, 2.24) is 0 Å². The number of rotatable bonds is 4. The van der Waals surface area contributed by atoms with E-state index in [1.165, 1.54) is 12.5 Å². The van der Waals surface area contributed by atoms with Crippen LogP contribution in [0.15, 0.2) is 23.8 Å². The quantitative estimate of drug-likeness (QED) is 0.251. The Morgan fingerprint density at radius 1 is 1.75 bits per heavy atom. The molecule has 0 aromatic carbocycles. The fraction of sp³-hybridized carbons (Fsp3) is 0.250. The molecule has 12 heavy (non-hydrogen) atoms. The number of carbonyl (C=O) groups excluding carboxylic acids is 1. The second-order valence-electron chi connectivity index (χ2n) is 1.89. The van der Waals surface area contributed by atoms with E-state index in [0.29, 0.717) is 10.9 Å². The van der Waals surface area contributed by atoms with Gasteiger partial charge in [0.2, 0.25) is 0 Å². The van der Waals surface area contributed by atoms with Crippen molar-refractivity contribution in [1.29, 1.82) is 0 Å². The van der Waals surface area contributed by atoms with Gasteiger partial charge in [0.1, 0.15) is 0 Å². The van der Waals surface area contributed by atoms with Crippen LogP contribution in [0.25, 0.3) is 0 Å². The number of hydrogen-bond donors (Lipinski definition) is 0. The maximum absolute atomic E-state index is 11.1. The molecule has 0 amide bonds. The normalized spacial score (nSPS) is 11.5. The number of methoxy groups -OCH3 is 1. The van der Waals surface area contributed by atoms with Gasteiger partial charge in [-0.1, -0.05) is 40.8 Å². The van der Waals surface area contributed by atoms with E-state index in [1.807, 2.05) is 0 Å². The molecule has 66 valence electrons. The SMILES string of the molecule is C=C/C(CBr)=C(\C=S)C(=O)OC. The number of alkyl halides is 1.